The van der Waals surface area contributed by atoms with E-state index in [4.69, 9.17) is 0 Å². The van der Waals surface area contributed by atoms with Crippen LogP contribution in [-0.4, -0.2) is 30.0 Å². The second-order valence-corrected chi connectivity index (χ2v) is 4.31. The van der Waals surface area contributed by atoms with Gasteiger partial charge >= 0.3 is 6.18 Å². The Morgan fingerprint density at radius 3 is 2.00 bits per heavy atom. The number of halogens is 3. The molecule has 1 heterocycles. The van der Waals surface area contributed by atoms with Gasteiger partial charge in [-0.2, -0.15) is 13.2 Å². The van der Waals surface area contributed by atoms with Crippen molar-refractivity contribution in [1.29, 1.82) is 0 Å². The lowest BCUT2D eigenvalue weighted by molar-refractivity contribution is -0.260. The summed E-state index contributed by atoms with van der Waals surface area (Å²) in [5.74, 6) is 0. The lowest BCUT2D eigenvalue weighted by Gasteiger charge is -2.40. The number of aliphatic hydroxyl groups is 1. The van der Waals surface area contributed by atoms with E-state index in [1.54, 1.807) is 0 Å². The van der Waals surface area contributed by atoms with E-state index in [1.807, 2.05) is 0 Å². The van der Waals surface area contributed by atoms with Crippen molar-refractivity contribution < 1.29 is 18.3 Å². The fourth-order valence-corrected chi connectivity index (χ4v) is 2.29. The number of hydrogen-bond donors (Lipinski definition) is 2. The Morgan fingerprint density at radius 2 is 1.77 bits per heavy atom. The van der Waals surface area contributed by atoms with E-state index in [1.165, 1.54) is 0 Å². The summed E-state index contributed by atoms with van der Waals surface area (Å²) in [5, 5.41) is 12.3. The summed E-state index contributed by atoms with van der Waals surface area (Å²) >= 11 is 0. The summed E-state index contributed by atoms with van der Waals surface area (Å²) in [4.78, 5) is 0. The summed E-state index contributed by atoms with van der Waals surface area (Å²) in [6.07, 6.45) is -4.25. The van der Waals surface area contributed by atoms with Crippen molar-refractivity contribution >= 4 is 0 Å². The maximum absolute atomic E-state index is 12.4. The average molecular weight is 195 g/mol. The lowest BCUT2D eigenvalue weighted by atomic mass is 9.79. The first kappa shape index (κ1) is 9.27. The highest BCUT2D eigenvalue weighted by atomic mass is 19.4. The molecule has 0 aromatic heterocycles. The van der Waals surface area contributed by atoms with E-state index in [9.17, 15) is 18.3 Å². The molecule has 2 rings (SSSR count). The van der Waals surface area contributed by atoms with Gasteiger partial charge in [-0.25, -0.2) is 0 Å². The second kappa shape index (κ2) is 2.39. The van der Waals surface area contributed by atoms with Crippen molar-refractivity contribution in [2.24, 2.45) is 5.41 Å². The van der Waals surface area contributed by atoms with Gasteiger partial charge in [0.2, 0.25) is 0 Å². The van der Waals surface area contributed by atoms with Crippen LogP contribution in [0.5, 0.6) is 0 Å². The van der Waals surface area contributed by atoms with Crippen LogP contribution >= 0.6 is 0 Å². The van der Waals surface area contributed by atoms with Crippen LogP contribution in [0.15, 0.2) is 0 Å². The summed E-state index contributed by atoms with van der Waals surface area (Å²) < 4.78 is 37.1. The van der Waals surface area contributed by atoms with Gasteiger partial charge in [0, 0.05) is 13.1 Å². The van der Waals surface area contributed by atoms with Gasteiger partial charge < -0.3 is 10.4 Å². The molecule has 1 aliphatic heterocycles. The molecule has 0 bridgehead atoms. The Labute approximate surface area is 74.1 Å². The van der Waals surface area contributed by atoms with Crippen molar-refractivity contribution in [3.8, 4) is 0 Å². The van der Waals surface area contributed by atoms with Gasteiger partial charge in [0.25, 0.3) is 0 Å². The van der Waals surface area contributed by atoms with E-state index >= 15 is 0 Å². The molecule has 1 unspecified atom stereocenters. The van der Waals surface area contributed by atoms with Crippen molar-refractivity contribution in [2.45, 2.75) is 31.0 Å². The molecule has 1 atom stereocenters. The molecule has 5 heteroatoms. The molecule has 1 spiro atoms. The van der Waals surface area contributed by atoms with Crippen LogP contribution in [0.25, 0.3) is 0 Å². The van der Waals surface area contributed by atoms with E-state index in [0.29, 0.717) is 19.5 Å². The minimum absolute atomic E-state index is 0.128. The Bertz CT molecular complexity index is 224. The maximum atomic E-state index is 12.4. The average Bonchev–Trinajstić information content (AvgIpc) is 2.26. The van der Waals surface area contributed by atoms with Crippen molar-refractivity contribution in [2.75, 3.05) is 13.1 Å². The SMILES string of the molecule is OC1(C(F)(F)F)CCC2(CNC2)C1. The molecule has 1 saturated heterocycles. The van der Waals surface area contributed by atoms with Crippen molar-refractivity contribution in [3.05, 3.63) is 0 Å². The molecule has 0 aromatic carbocycles. The number of hydrogen-bond acceptors (Lipinski definition) is 2. The van der Waals surface area contributed by atoms with Gasteiger partial charge in [-0.1, -0.05) is 0 Å². The van der Waals surface area contributed by atoms with Crippen LogP contribution in [-0.2, 0) is 0 Å². The van der Waals surface area contributed by atoms with Crippen LogP contribution < -0.4 is 5.32 Å². The van der Waals surface area contributed by atoms with E-state index < -0.39 is 11.8 Å². The summed E-state index contributed by atoms with van der Waals surface area (Å²) in [7, 11) is 0. The fourth-order valence-electron chi connectivity index (χ4n) is 2.29. The topological polar surface area (TPSA) is 32.3 Å². The third-order valence-electron chi connectivity index (χ3n) is 3.26. The quantitative estimate of drug-likeness (QED) is 0.605. The Kier molecular flexibility index (Phi) is 1.70. The minimum Gasteiger partial charge on any atom is -0.380 e. The monoisotopic (exact) mass is 195 g/mol. The summed E-state index contributed by atoms with van der Waals surface area (Å²) in [5.41, 5.74) is -2.70. The highest BCUT2D eigenvalue weighted by molar-refractivity contribution is 5.07. The van der Waals surface area contributed by atoms with Crippen LogP contribution in [0.2, 0.25) is 0 Å². The van der Waals surface area contributed by atoms with Crippen molar-refractivity contribution in [3.63, 3.8) is 0 Å². The van der Waals surface area contributed by atoms with Crippen LogP contribution in [0.1, 0.15) is 19.3 Å². The molecule has 76 valence electrons. The third-order valence-corrected chi connectivity index (χ3v) is 3.26. The molecule has 0 radical (unpaired) electrons. The molecular formula is C8H12F3NO. The minimum atomic E-state index is -4.47. The molecule has 1 saturated carbocycles. The first-order valence-electron chi connectivity index (χ1n) is 4.37. The highest BCUT2D eigenvalue weighted by Gasteiger charge is 2.62. The molecule has 1 aliphatic carbocycles. The van der Waals surface area contributed by atoms with Gasteiger partial charge in [-0.3, -0.25) is 0 Å². The normalized spacial score (nSPS) is 37.8. The van der Waals surface area contributed by atoms with Gasteiger partial charge in [0.05, 0.1) is 0 Å². The van der Waals surface area contributed by atoms with Crippen LogP contribution in [0.3, 0.4) is 0 Å². The number of rotatable bonds is 0. The predicted octanol–water partition coefficient (Wildman–Crippen LogP) is 1.05. The zero-order chi connectivity index (χ0) is 9.74. The van der Waals surface area contributed by atoms with E-state index in [-0.39, 0.29) is 18.3 Å². The summed E-state index contributed by atoms with van der Waals surface area (Å²) in [6.45, 7) is 1.23. The maximum Gasteiger partial charge on any atom is 0.417 e. The Morgan fingerprint density at radius 1 is 1.15 bits per heavy atom. The van der Waals surface area contributed by atoms with Crippen LogP contribution in [0, 0.1) is 5.41 Å². The molecular weight excluding hydrogens is 183 g/mol. The third kappa shape index (κ3) is 1.25. The van der Waals surface area contributed by atoms with Gasteiger partial charge in [0.15, 0.2) is 5.60 Å². The zero-order valence-electron chi connectivity index (χ0n) is 7.12. The molecule has 13 heavy (non-hydrogen) atoms. The first-order valence-corrected chi connectivity index (χ1v) is 4.37. The number of nitrogens with one attached hydrogen (secondary N) is 1. The molecule has 2 nitrogen and oxygen atoms in total. The van der Waals surface area contributed by atoms with Crippen molar-refractivity contribution in [1.82, 2.24) is 5.32 Å². The highest BCUT2D eigenvalue weighted by Crippen LogP contribution is 2.52. The predicted molar refractivity (Wildman–Crippen MR) is 40.2 cm³/mol. The smallest absolute Gasteiger partial charge is 0.380 e. The molecule has 2 N–H and O–H groups in total. The van der Waals surface area contributed by atoms with E-state index in [2.05, 4.69) is 5.32 Å². The van der Waals surface area contributed by atoms with Crippen LogP contribution in [0.4, 0.5) is 13.2 Å². The Balaban J connectivity index is 2.12. The molecule has 0 amide bonds. The first-order chi connectivity index (χ1) is 5.87. The zero-order valence-corrected chi connectivity index (χ0v) is 7.12. The molecule has 2 fully saturated rings. The summed E-state index contributed by atoms with van der Waals surface area (Å²) in [6, 6.07) is 0. The number of alkyl halides is 3. The second-order valence-electron chi connectivity index (χ2n) is 4.31. The van der Waals surface area contributed by atoms with Gasteiger partial charge in [0.1, 0.15) is 0 Å². The molecule has 2 aliphatic rings. The van der Waals surface area contributed by atoms with Gasteiger partial charge in [-0.05, 0) is 24.7 Å². The molecule has 0 aromatic rings. The standard InChI is InChI=1S/C8H12F3NO/c9-8(10,11)7(13)2-1-6(3-7)4-12-5-6/h12-13H,1-5H2. The van der Waals surface area contributed by atoms with Gasteiger partial charge in [-0.15, -0.1) is 0 Å². The largest absolute Gasteiger partial charge is 0.417 e. The fraction of sp³-hybridized carbons (Fsp3) is 1.00. The van der Waals surface area contributed by atoms with E-state index in [0.717, 1.165) is 0 Å². The lowest BCUT2D eigenvalue weighted by Crippen LogP contribution is -2.54. The Hall–Kier alpha value is -0.290.